The van der Waals surface area contributed by atoms with E-state index in [4.69, 9.17) is 22.0 Å². The number of aliphatic carboxylic acids is 1. The van der Waals surface area contributed by atoms with Gasteiger partial charge >= 0.3 is 5.97 Å². The van der Waals surface area contributed by atoms with Crippen LogP contribution in [0.2, 0.25) is 5.02 Å². The molecular weight excluding hydrogens is 252 g/mol. The van der Waals surface area contributed by atoms with E-state index in [9.17, 15) is 4.79 Å². The van der Waals surface area contributed by atoms with E-state index in [1.54, 1.807) is 0 Å². The zero-order valence-electron chi connectivity index (χ0n) is 9.43. The summed E-state index contributed by atoms with van der Waals surface area (Å²) in [5.41, 5.74) is 2.27. The molecule has 0 aliphatic heterocycles. The maximum absolute atomic E-state index is 9.38. The lowest BCUT2D eigenvalue weighted by molar-refractivity contribution is -0.135. The van der Waals surface area contributed by atoms with Crippen molar-refractivity contribution in [2.75, 3.05) is 0 Å². The van der Waals surface area contributed by atoms with Gasteiger partial charge < -0.3 is 10.1 Å². The van der Waals surface area contributed by atoms with Crippen molar-refractivity contribution in [2.24, 2.45) is 0 Å². The molecule has 1 aromatic heterocycles. The number of carbonyl (C=O) groups is 1. The van der Waals surface area contributed by atoms with Crippen molar-refractivity contribution >= 4 is 17.6 Å². The molecule has 2 rings (SSSR count). The molecule has 0 radical (unpaired) electrons. The molecule has 92 valence electrons. The molecular formula is C13H11ClN2O2. The van der Waals surface area contributed by atoms with Crippen LogP contribution in [0.5, 0.6) is 0 Å². The minimum Gasteiger partial charge on any atom is -0.480 e. The van der Waals surface area contributed by atoms with Gasteiger partial charge in [0.15, 0.2) is 0 Å². The Kier molecular flexibility index (Phi) is 5.49. The van der Waals surface area contributed by atoms with E-state index in [1.807, 2.05) is 42.6 Å². The third-order valence-electron chi connectivity index (χ3n) is 1.98. The van der Waals surface area contributed by atoms with Crippen molar-refractivity contribution < 1.29 is 9.90 Å². The standard InChI is InChI=1S/C10H8ClN.C3H3NO2/c11-9-5-3-8(4-6-9)10-2-1-7-12-10;4-2-1-3(5)6/h1-7,12H;1H2,(H,5,6). The molecule has 0 fully saturated rings. The van der Waals surface area contributed by atoms with Gasteiger partial charge in [0.1, 0.15) is 6.42 Å². The van der Waals surface area contributed by atoms with Crippen LogP contribution in [0.1, 0.15) is 6.42 Å². The topological polar surface area (TPSA) is 76.9 Å². The van der Waals surface area contributed by atoms with Crippen LogP contribution in [0.3, 0.4) is 0 Å². The highest BCUT2D eigenvalue weighted by molar-refractivity contribution is 6.30. The number of aromatic amines is 1. The van der Waals surface area contributed by atoms with E-state index in [0.29, 0.717) is 0 Å². The van der Waals surface area contributed by atoms with Gasteiger partial charge in [-0.15, -0.1) is 0 Å². The Morgan fingerprint density at radius 3 is 2.39 bits per heavy atom. The Bertz CT molecular complexity index is 527. The summed E-state index contributed by atoms with van der Waals surface area (Å²) in [6, 6.07) is 13.2. The van der Waals surface area contributed by atoms with Crippen molar-refractivity contribution in [1.29, 1.82) is 5.26 Å². The van der Waals surface area contributed by atoms with E-state index < -0.39 is 12.4 Å². The van der Waals surface area contributed by atoms with Gasteiger partial charge in [0.2, 0.25) is 0 Å². The van der Waals surface area contributed by atoms with E-state index in [-0.39, 0.29) is 0 Å². The SMILES string of the molecule is Clc1ccc(-c2ccc[nH]2)cc1.N#CCC(=O)O. The first kappa shape index (κ1) is 13.8. The summed E-state index contributed by atoms with van der Waals surface area (Å²) in [6.45, 7) is 0. The van der Waals surface area contributed by atoms with Crippen molar-refractivity contribution in [1.82, 2.24) is 4.98 Å². The Morgan fingerprint density at radius 2 is 2.00 bits per heavy atom. The first-order chi connectivity index (χ1) is 8.63. The second kappa shape index (κ2) is 7.15. The second-order valence-electron chi connectivity index (χ2n) is 3.32. The molecule has 0 spiro atoms. The molecule has 0 amide bonds. The molecule has 18 heavy (non-hydrogen) atoms. The van der Waals surface area contributed by atoms with E-state index in [0.717, 1.165) is 16.3 Å². The molecule has 1 heterocycles. The first-order valence-electron chi connectivity index (χ1n) is 5.11. The maximum atomic E-state index is 9.38. The number of halogens is 1. The molecule has 0 saturated heterocycles. The van der Waals surface area contributed by atoms with Gasteiger partial charge in [-0.05, 0) is 29.8 Å². The fraction of sp³-hybridized carbons (Fsp3) is 0.0769. The van der Waals surface area contributed by atoms with E-state index >= 15 is 0 Å². The fourth-order valence-corrected chi connectivity index (χ4v) is 1.33. The number of rotatable bonds is 2. The van der Waals surface area contributed by atoms with Gasteiger partial charge in [-0.2, -0.15) is 5.26 Å². The largest absolute Gasteiger partial charge is 0.480 e. The summed E-state index contributed by atoms with van der Waals surface area (Å²) in [7, 11) is 0. The number of hydrogen-bond donors (Lipinski definition) is 2. The number of benzene rings is 1. The number of hydrogen-bond acceptors (Lipinski definition) is 2. The lowest BCUT2D eigenvalue weighted by Crippen LogP contribution is -1.88. The van der Waals surface area contributed by atoms with E-state index in [1.165, 1.54) is 6.07 Å². The smallest absolute Gasteiger partial charge is 0.317 e. The highest BCUT2D eigenvalue weighted by Crippen LogP contribution is 2.18. The lowest BCUT2D eigenvalue weighted by atomic mass is 10.2. The van der Waals surface area contributed by atoms with Crippen LogP contribution < -0.4 is 0 Å². The molecule has 2 aromatic rings. The second-order valence-corrected chi connectivity index (χ2v) is 3.76. The number of carboxylic acid groups (broad SMARTS) is 1. The van der Waals surface area contributed by atoms with Crippen LogP contribution in [0.25, 0.3) is 11.3 Å². The van der Waals surface area contributed by atoms with Crippen LogP contribution >= 0.6 is 11.6 Å². The van der Waals surface area contributed by atoms with Crippen LogP contribution in [0.4, 0.5) is 0 Å². The summed E-state index contributed by atoms with van der Waals surface area (Å²) in [5, 5.41) is 16.1. The Labute approximate surface area is 109 Å². The maximum Gasteiger partial charge on any atom is 0.317 e. The fourth-order valence-electron chi connectivity index (χ4n) is 1.21. The lowest BCUT2D eigenvalue weighted by Gasteiger charge is -1.96. The summed E-state index contributed by atoms with van der Waals surface area (Å²) in [6.07, 6.45) is 1.50. The van der Waals surface area contributed by atoms with E-state index in [2.05, 4.69) is 4.98 Å². The summed E-state index contributed by atoms with van der Waals surface area (Å²) in [4.78, 5) is 12.5. The number of nitrogens with one attached hydrogen (secondary N) is 1. The molecule has 0 saturated carbocycles. The Morgan fingerprint density at radius 1 is 1.33 bits per heavy atom. The van der Waals surface area contributed by atoms with Gasteiger partial charge in [-0.1, -0.05) is 23.7 Å². The number of nitriles is 1. The summed E-state index contributed by atoms with van der Waals surface area (Å²) in [5.74, 6) is -1.07. The highest BCUT2D eigenvalue weighted by atomic mass is 35.5. The number of nitrogens with zero attached hydrogens (tertiary/aromatic N) is 1. The third-order valence-corrected chi connectivity index (χ3v) is 2.24. The zero-order valence-corrected chi connectivity index (χ0v) is 10.2. The normalized spacial score (nSPS) is 8.89. The van der Waals surface area contributed by atoms with Crippen molar-refractivity contribution in [3.05, 3.63) is 47.6 Å². The molecule has 0 aliphatic carbocycles. The molecule has 5 heteroatoms. The molecule has 4 nitrogen and oxygen atoms in total. The van der Waals surface area contributed by atoms with Gasteiger partial charge in [0, 0.05) is 16.9 Å². The highest BCUT2D eigenvalue weighted by Gasteiger charge is 1.95. The Hall–Kier alpha value is -2.25. The quantitative estimate of drug-likeness (QED) is 0.871. The molecule has 0 unspecified atom stereocenters. The van der Waals surface area contributed by atoms with Crippen LogP contribution in [-0.2, 0) is 4.79 Å². The van der Waals surface area contributed by atoms with Crippen molar-refractivity contribution in [2.45, 2.75) is 6.42 Å². The van der Waals surface area contributed by atoms with Gasteiger partial charge in [0.05, 0.1) is 6.07 Å². The minimum absolute atomic E-state index is 0.403. The molecule has 2 N–H and O–H groups in total. The predicted molar refractivity (Wildman–Crippen MR) is 69.1 cm³/mol. The number of H-pyrrole nitrogens is 1. The molecule has 1 aromatic carbocycles. The monoisotopic (exact) mass is 262 g/mol. The zero-order chi connectivity index (χ0) is 13.4. The predicted octanol–water partition coefficient (Wildman–Crippen LogP) is 3.32. The van der Waals surface area contributed by atoms with Crippen molar-refractivity contribution in [3.63, 3.8) is 0 Å². The average molecular weight is 263 g/mol. The minimum atomic E-state index is -1.07. The molecule has 0 aliphatic rings. The first-order valence-corrected chi connectivity index (χ1v) is 5.49. The van der Waals surface area contributed by atoms with Gasteiger partial charge in [0.25, 0.3) is 0 Å². The van der Waals surface area contributed by atoms with Crippen LogP contribution in [0.15, 0.2) is 42.6 Å². The van der Waals surface area contributed by atoms with Gasteiger partial charge in [-0.3, -0.25) is 4.79 Å². The summed E-state index contributed by atoms with van der Waals surface area (Å²) >= 11 is 5.76. The average Bonchev–Trinajstić information content (AvgIpc) is 2.84. The van der Waals surface area contributed by atoms with Crippen LogP contribution in [-0.4, -0.2) is 16.1 Å². The molecule has 0 bridgehead atoms. The number of carboxylic acids is 1. The van der Waals surface area contributed by atoms with Gasteiger partial charge in [-0.25, -0.2) is 0 Å². The Balaban J connectivity index is 0.000000232. The van der Waals surface area contributed by atoms with Crippen LogP contribution in [0, 0.1) is 11.3 Å². The third kappa shape index (κ3) is 4.73. The number of aromatic nitrogens is 1. The molecule has 0 atom stereocenters. The summed E-state index contributed by atoms with van der Waals surface area (Å²) < 4.78 is 0. The van der Waals surface area contributed by atoms with Crippen molar-refractivity contribution in [3.8, 4) is 17.3 Å².